The fourth-order valence-corrected chi connectivity index (χ4v) is 2.40. The lowest BCUT2D eigenvalue weighted by atomic mass is 9.95. The van der Waals surface area contributed by atoms with Crippen LogP contribution in [0.5, 0.6) is 0 Å². The van der Waals surface area contributed by atoms with Crippen molar-refractivity contribution in [3.63, 3.8) is 0 Å². The molecule has 0 radical (unpaired) electrons. The van der Waals surface area contributed by atoms with Crippen LogP contribution in [0.25, 0.3) is 0 Å². The first-order chi connectivity index (χ1) is 7.16. The third kappa shape index (κ3) is 2.28. The van der Waals surface area contributed by atoms with Crippen LogP contribution >= 0.6 is 0 Å². The minimum atomic E-state index is 0.280. The van der Waals surface area contributed by atoms with Gasteiger partial charge in [-0.3, -0.25) is 4.79 Å². The van der Waals surface area contributed by atoms with Gasteiger partial charge in [-0.25, -0.2) is 0 Å². The molecule has 0 bridgehead atoms. The first-order valence-electron chi connectivity index (χ1n) is 5.77. The van der Waals surface area contributed by atoms with E-state index in [1.54, 1.807) is 0 Å². The number of Topliss-reactive ketones (excluding diaryl/α,β-unsaturated/α-hetero) is 1. The van der Waals surface area contributed by atoms with E-state index in [9.17, 15) is 4.79 Å². The fourth-order valence-electron chi connectivity index (χ4n) is 2.40. The summed E-state index contributed by atoms with van der Waals surface area (Å²) in [5.74, 6) is 1.35. The molecule has 0 spiro atoms. The highest BCUT2D eigenvalue weighted by molar-refractivity contribution is 5.98. The van der Waals surface area contributed by atoms with Crippen LogP contribution < -0.4 is 0 Å². The van der Waals surface area contributed by atoms with Gasteiger partial charge in [0.25, 0.3) is 0 Å². The van der Waals surface area contributed by atoms with E-state index in [4.69, 9.17) is 0 Å². The summed E-state index contributed by atoms with van der Waals surface area (Å²) in [6.07, 6.45) is 3.36. The molecule has 1 fully saturated rings. The van der Waals surface area contributed by atoms with Crippen LogP contribution in [0.15, 0.2) is 24.3 Å². The molecule has 0 saturated heterocycles. The summed E-state index contributed by atoms with van der Waals surface area (Å²) in [5.41, 5.74) is 2.10. The number of hydrogen-bond acceptors (Lipinski definition) is 1. The summed E-state index contributed by atoms with van der Waals surface area (Å²) in [6, 6.07) is 7.96. The summed E-state index contributed by atoms with van der Waals surface area (Å²) in [4.78, 5) is 12.1. The van der Waals surface area contributed by atoms with Crippen molar-refractivity contribution in [2.45, 2.75) is 33.1 Å². The quantitative estimate of drug-likeness (QED) is 0.669. The standard InChI is InChI=1S/C14H18O/c1-10-3-6-12(7-4-10)14(15)13-8-5-11(2)9-13/h3-4,6-7,11,13H,5,8-9H2,1-2H3. The molecule has 80 valence electrons. The largest absolute Gasteiger partial charge is 0.294 e. The minimum Gasteiger partial charge on any atom is -0.294 e. The fraction of sp³-hybridized carbons (Fsp3) is 0.500. The minimum absolute atomic E-state index is 0.280. The molecule has 1 aliphatic carbocycles. The molecular weight excluding hydrogens is 184 g/mol. The van der Waals surface area contributed by atoms with Gasteiger partial charge in [0.1, 0.15) is 0 Å². The molecule has 0 aliphatic heterocycles. The molecule has 2 atom stereocenters. The number of rotatable bonds is 2. The van der Waals surface area contributed by atoms with Gasteiger partial charge in [-0.1, -0.05) is 36.8 Å². The van der Waals surface area contributed by atoms with Crippen LogP contribution in [-0.4, -0.2) is 5.78 Å². The maximum atomic E-state index is 12.1. The Morgan fingerprint density at radius 2 is 1.87 bits per heavy atom. The predicted molar refractivity (Wildman–Crippen MR) is 62.0 cm³/mol. The SMILES string of the molecule is Cc1ccc(C(=O)C2CCC(C)C2)cc1. The Bertz CT molecular complexity index is 350. The molecule has 1 nitrogen and oxygen atoms in total. The lowest BCUT2D eigenvalue weighted by molar-refractivity contribution is 0.0920. The summed E-state index contributed by atoms with van der Waals surface area (Å²) >= 11 is 0. The highest BCUT2D eigenvalue weighted by atomic mass is 16.1. The van der Waals surface area contributed by atoms with Crippen LogP contribution in [0.2, 0.25) is 0 Å². The first kappa shape index (κ1) is 10.4. The summed E-state index contributed by atoms with van der Waals surface area (Å²) < 4.78 is 0. The third-order valence-corrected chi connectivity index (χ3v) is 3.40. The smallest absolute Gasteiger partial charge is 0.165 e. The second-order valence-electron chi connectivity index (χ2n) is 4.85. The zero-order valence-corrected chi connectivity index (χ0v) is 9.49. The van der Waals surface area contributed by atoms with Crippen molar-refractivity contribution in [2.24, 2.45) is 11.8 Å². The monoisotopic (exact) mass is 202 g/mol. The Morgan fingerprint density at radius 3 is 2.40 bits per heavy atom. The van der Waals surface area contributed by atoms with Crippen molar-refractivity contribution < 1.29 is 4.79 Å². The van der Waals surface area contributed by atoms with Crippen molar-refractivity contribution in [1.82, 2.24) is 0 Å². The highest BCUT2D eigenvalue weighted by Crippen LogP contribution is 2.32. The number of benzene rings is 1. The highest BCUT2D eigenvalue weighted by Gasteiger charge is 2.27. The van der Waals surface area contributed by atoms with E-state index in [-0.39, 0.29) is 5.92 Å². The first-order valence-corrected chi connectivity index (χ1v) is 5.77. The molecule has 2 unspecified atom stereocenters. The lowest BCUT2D eigenvalue weighted by Crippen LogP contribution is -2.11. The molecule has 1 aromatic carbocycles. The van der Waals surface area contributed by atoms with Gasteiger partial charge >= 0.3 is 0 Å². The third-order valence-electron chi connectivity index (χ3n) is 3.40. The van der Waals surface area contributed by atoms with Gasteiger partial charge in [0, 0.05) is 11.5 Å². The predicted octanol–water partition coefficient (Wildman–Crippen LogP) is 3.61. The molecular formula is C14H18O. The van der Waals surface area contributed by atoms with E-state index in [2.05, 4.69) is 6.92 Å². The Kier molecular flexibility index (Phi) is 2.90. The van der Waals surface area contributed by atoms with E-state index in [1.807, 2.05) is 31.2 Å². The van der Waals surface area contributed by atoms with E-state index in [1.165, 1.54) is 12.0 Å². The molecule has 1 aliphatic rings. The van der Waals surface area contributed by atoms with Crippen LogP contribution in [0.3, 0.4) is 0 Å². The van der Waals surface area contributed by atoms with Crippen molar-refractivity contribution >= 4 is 5.78 Å². The maximum absolute atomic E-state index is 12.1. The van der Waals surface area contributed by atoms with Gasteiger partial charge in [0.2, 0.25) is 0 Å². The van der Waals surface area contributed by atoms with Crippen LogP contribution in [-0.2, 0) is 0 Å². The van der Waals surface area contributed by atoms with Crippen LogP contribution in [0, 0.1) is 18.8 Å². The topological polar surface area (TPSA) is 17.1 Å². The summed E-state index contributed by atoms with van der Waals surface area (Å²) in [5, 5.41) is 0. The lowest BCUT2D eigenvalue weighted by Gasteiger charge is -2.08. The maximum Gasteiger partial charge on any atom is 0.165 e. The Hall–Kier alpha value is -1.11. The van der Waals surface area contributed by atoms with E-state index < -0.39 is 0 Å². The van der Waals surface area contributed by atoms with E-state index in [0.717, 1.165) is 24.3 Å². The number of ketones is 1. The van der Waals surface area contributed by atoms with Gasteiger partial charge in [-0.15, -0.1) is 0 Å². The second-order valence-corrected chi connectivity index (χ2v) is 4.85. The average Bonchev–Trinajstić information content (AvgIpc) is 2.65. The van der Waals surface area contributed by atoms with E-state index in [0.29, 0.717) is 5.78 Å². The molecule has 1 heteroatoms. The number of aryl methyl sites for hydroxylation is 1. The Morgan fingerprint density at radius 1 is 1.20 bits per heavy atom. The van der Waals surface area contributed by atoms with Crippen LogP contribution in [0.4, 0.5) is 0 Å². The number of hydrogen-bond donors (Lipinski definition) is 0. The zero-order valence-electron chi connectivity index (χ0n) is 9.49. The van der Waals surface area contributed by atoms with Crippen molar-refractivity contribution in [2.75, 3.05) is 0 Å². The summed E-state index contributed by atoms with van der Waals surface area (Å²) in [7, 11) is 0. The van der Waals surface area contributed by atoms with Crippen LogP contribution in [0.1, 0.15) is 42.1 Å². The second kappa shape index (κ2) is 4.18. The van der Waals surface area contributed by atoms with Gasteiger partial charge in [-0.05, 0) is 32.1 Å². The van der Waals surface area contributed by atoms with Gasteiger partial charge in [-0.2, -0.15) is 0 Å². The van der Waals surface area contributed by atoms with Crippen molar-refractivity contribution in [3.05, 3.63) is 35.4 Å². The van der Waals surface area contributed by atoms with Gasteiger partial charge in [0.15, 0.2) is 5.78 Å². The number of carbonyl (C=O) groups is 1. The van der Waals surface area contributed by atoms with Crippen molar-refractivity contribution in [1.29, 1.82) is 0 Å². The Balaban J connectivity index is 2.11. The number of carbonyl (C=O) groups excluding carboxylic acids is 1. The normalized spacial score (nSPS) is 25.5. The zero-order chi connectivity index (χ0) is 10.8. The van der Waals surface area contributed by atoms with Gasteiger partial charge in [0.05, 0.1) is 0 Å². The average molecular weight is 202 g/mol. The molecule has 0 amide bonds. The van der Waals surface area contributed by atoms with Crippen molar-refractivity contribution in [3.8, 4) is 0 Å². The Labute approximate surface area is 91.5 Å². The van der Waals surface area contributed by atoms with E-state index >= 15 is 0 Å². The molecule has 1 saturated carbocycles. The molecule has 2 rings (SSSR count). The molecule has 0 heterocycles. The molecule has 15 heavy (non-hydrogen) atoms. The molecule has 0 aromatic heterocycles. The molecule has 1 aromatic rings. The van der Waals surface area contributed by atoms with Gasteiger partial charge < -0.3 is 0 Å². The summed E-state index contributed by atoms with van der Waals surface area (Å²) in [6.45, 7) is 4.29. The molecule has 0 N–H and O–H groups in total.